The predicted molar refractivity (Wildman–Crippen MR) is 116 cm³/mol. The molecule has 0 spiro atoms. The van der Waals surface area contributed by atoms with Gasteiger partial charge in [-0.3, -0.25) is 9.97 Å². The van der Waals surface area contributed by atoms with Crippen molar-refractivity contribution in [2.75, 3.05) is 18.5 Å². The Morgan fingerprint density at radius 3 is 2.50 bits per heavy atom. The van der Waals surface area contributed by atoms with Crippen molar-refractivity contribution in [1.29, 1.82) is 0 Å². The minimum Gasteiger partial charge on any atom is -0.376 e. The van der Waals surface area contributed by atoms with Crippen LogP contribution in [0.5, 0.6) is 0 Å². The molecule has 30 heavy (non-hydrogen) atoms. The number of ether oxygens (including phenoxy) is 1. The second-order valence-electron chi connectivity index (χ2n) is 7.54. The van der Waals surface area contributed by atoms with E-state index in [1.54, 1.807) is 29.7 Å². The molecule has 1 aliphatic rings. The molecular weight excluding hydrogens is 376 g/mol. The van der Waals surface area contributed by atoms with Gasteiger partial charge in [0.1, 0.15) is 0 Å². The predicted octanol–water partition coefficient (Wildman–Crippen LogP) is 4.28. The lowest BCUT2D eigenvalue weighted by Gasteiger charge is -2.26. The first-order valence-electron chi connectivity index (χ1n) is 10.3. The molecule has 2 aromatic heterocycles. The van der Waals surface area contributed by atoms with Crippen LogP contribution < -0.4 is 5.32 Å². The van der Waals surface area contributed by atoms with Gasteiger partial charge in [0.2, 0.25) is 0 Å². The van der Waals surface area contributed by atoms with E-state index in [2.05, 4.69) is 15.3 Å². The summed E-state index contributed by atoms with van der Waals surface area (Å²) in [6.07, 6.45) is 10.1. The lowest BCUT2D eigenvalue weighted by molar-refractivity contribution is 0.0819. The van der Waals surface area contributed by atoms with Crippen LogP contribution in [-0.2, 0) is 17.7 Å². The van der Waals surface area contributed by atoms with Crippen LogP contribution in [0.15, 0.2) is 73.3 Å². The number of benzene rings is 1. The molecule has 0 bridgehead atoms. The number of urea groups is 1. The second kappa shape index (κ2) is 9.98. The number of anilines is 1. The summed E-state index contributed by atoms with van der Waals surface area (Å²) in [4.78, 5) is 23.0. The number of pyridine rings is 2. The first kappa shape index (κ1) is 20.0. The summed E-state index contributed by atoms with van der Waals surface area (Å²) in [6.45, 7) is 1.84. The third-order valence-electron chi connectivity index (χ3n) is 5.19. The van der Waals surface area contributed by atoms with E-state index in [1.807, 2.05) is 48.5 Å². The number of hydrogen-bond acceptors (Lipinski definition) is 4. The number of rotatable bonds is 7. The zero-order chi connectivity index (χ0) is 20.6. The van der Waals surface area contributed by atoms with Crippen molar-refractivity contribution < 1.29 is 9.53 Å². The highest BCUT2D eigenvalue weighted by Gasteiger charge is 2.23. The number of carbonyl (C=O) groups excluding carboxylic acids is 1. The van der Waals surface area contributed by atoms with Crippen LogP contribution in [0.1, 0.15) is 29.5 Å². The topological polar surface area (TPSA) is 67.4 Å². The van der Waals surface area contributed by atoms with Crippen LogP contribution in [0.25, 0.3) is 0 Å². The Morgan fingerprint density at radius 2 is 1.80 bits per heavy atom. The fraction of sp³-hybridized carbons (Fsp3) is 0.292. The number of aromatic nitrogens is 2. The molecule has 154 valence electrons. The van der Waals surface area contributed by atoms with Crippen LogP contribution in [0.3, 0.4) is 0 Å². The minimum atomic E-state index is -0.128. The molecular formula is C24H26N4O2. The Labute approximate surface area is 176 Å². The second-order valence-corrected chi connectivity index (χ2v) is 7.54. The van der Waals surface area contributed by atoms with E-state index in [0.29, 0.717) is 13.1 Å². The molecule has 1 aliphatic heterocycles. The average molecular weight is 402 g/mol. The van der Waals surface area contributed by atoms with Crippen LogP contribution in [0.2, 0.25) is 0 Å². The van der Waals surface area contributed by atoms with Gasteiger partial charge in [0.15, 0.2) is 0 Å². The van der Waals surface area contributed by atoms with Gasteiger partial charge in [0.25, 0.3) is 0 Å². The van der Waals surface area contributed by atoms with Crippen LogP contribution in [-0.4, -0.2) is 40.2 Å². The monoisotopic (exact) mass is 402 g/mol. The molecule has 1 unspecified atom stereocenters. The maximum Gasteiger partial charge on any atom is 0.322 e. The third kappa shape index (κ3) is 5.64. The molecule has 2 amide bonds. The SMILES string of the molecule is O=C(Nc1ccc(Cc2ccncc2)cc1)N(Cc1cccnc1)CC1CCCO1. The highest BCUT2D eigenvalue weighted by atomic mass is 16.5. The van der Waals surface area contributed by atoms with E-state index >= 15 is 0 Å². The van der Waals surface area contributed by atoms with E-state index in [0.717, 1.165) is 37.1 Å². The van der Waals surface area contributed by atoms with Gasteiger partial charge in [0, 0.05) is 50.2 Å². The molecule has 1 fully saturated rings. The average Bonchev–Trinajstić information content (AvgIpc) is 3.29. The van der Waals surface area contributed by atoms with Gasteiger partial charge in [-0.25, -0.2) is 4.79 Å². The van der Waals surface area contributed by atoms with Gasteiger partial charge in [-0.15, -0.1) is 0 Å². The molecule has 6 nitrogen and oxygen atoms in total. The van der Waals surface area contributed by atoms with E-state index < -0.39 is 0 Å². The number of hydrogen-bond donors (Lipinski definition) is 1. The summed E-state index contributed by atoms with van der Waals surface area (Å²) in [5, 5.41) is 3.03. The Morgan fingerprint density at radius 1 is 1.00 bits per heavy atom. The number of nitrogens with one attached hydrogen (secondary N) is 1. The van der Waals surface area contributed by atoms with Crippen LogP contribution >= 0.6 is 0 Å². The first-order valence-corrected chi connectivity index (χ1v) is 10.3. The molecule has 1 aromatic carbocycles. The largest absolute Gasteiger partial charge is 0.376 e. The molecule has 1 atom stereocenters. The Balaban J connectivity index is 1.40. The first-order chi connectivity index (χ1) is 14.8. The van der Waals surface area contributed by atoms with Crippen molar-refractivity contribution in [2.24, 2.45) is 0 Å². The van der Waals surface area contributed by atoms with Crippen molar-refractivity contribution in [3.8, 4) is 0 Å². The molecule has 4 rings (SSSR count). The highest BCUT2D eigenvalue weighted by molar-refractivity contribution is 5.89. The summed E-state index contributed by atoms with van der Waals surface area (Å²) in [7, 11) is 0. The summed E-state index contributed by atoms with van der Waals surface area (Å²) >= 11 is 0. The smallest absolute Gasteiger partial charge is 0.322 e. The molecule has 6 heteroatoms. The molecule has 1 N–H and O–H groups in total. The highest BCUT2D eigenvalue weighted by Crippen LogP contribution is 2.18. The van der Waals surface area contributed by atoms with Crippen LogP contribution in [0, 0.1) is 0 Å². The quantitative estimate of drug-likeness (QED) is 0.641. The van der Waals surface area contributed by atoms with Gasteiger partial charge >= 0.3 is 6.03 Å². The van der Waals surface area contributed by atoms with E-state index in [4.69, 9.17) is 4.74 Å². The lowest BCUT2D eigenvalue weighted by atomic mass is 10.1. The van der Waals surface area contributed by atoms with Crippen molar-refractivity contribution in [3.63, 3.8) is 0 Å². The van der Waals surface area contributed by atoms with Gasteiger partial charge in [-0.2, -0.15) is 0 Å². The van der Waals surface area contributed by atoms with Crippen molar-refractivity contribution in [3.05, 3.63) is 90.0 Å². The summed E-state index contributed by atoms with van der Waals surface area (Å²) in [5.74, 6) is 0. The molecule has 0 saturated carbocycles. The third-order valence-corrected chi connectivity index (χ3v) is 5.19. The van der Waals surface area contributed by atoms with Crippen molar-refractivity contribution >= 4 is 11.7 Å². The fourth-order valence-corrected chi connectivity index (χ4v) is 3.61. The van der Waals surface area contributed by atoms with E-state index in [1.165, 1.54) is 11.1 Å². The van der Waals surface area contributed by atoms with Gasteiger partial charge in [0.05, 0.1) is 6.10 Å². The standard InChI is InChI=1S/C24H26N4O2/c29-24(27-22-7-5-19(6-8-22)15-20-9-12-25-13-10-20)28(18-23-4-2-14-30-23)17-21-3-1-11-26-16-21/h1,3,5-13,16,23H,2,4,14-15,17-18H2,(H,27,29). The fourth-order valence-electron chi connectivity index (χ4n) is 3.61. The summed E-state index contributed by atoms with van der Waals surface area (Å²) in [6, 6.07) is 15.7. The van der Waals surface area contributed by atoms with Gasteiger partial charge in [-0.05, 0) is 66.3 Å². The van der Waals surface area contributed by atoms with E-state index in [-0.39, 0.29) is 12.1 Å². The number of carbonyl (C=O) groups is 1. The summed E-state index contributed by atoms with van der Waals surface area (Å²) in [5.41, 5.74) is 4.17. The lowest BCUT2D eigenvalue weighted by Crippen LogP contribution is -2.39. The molecule has 3 heterocycles. The zero-order valence-corrected chi connectivity index (χ0v) is 16.9. The molecule has 0 aliphatic carbocycles. The van der Waals surface area contributed by atoms with E-state index in [9.17, 15) is 4.79 Å². The van der Waals surface area contributed by atoms with Gasteiger partial charge in [-0.1, -0.05) is 18.2 Å². The normalized spacial score (nSPS) is 15.7. The summed E-state index contributed by atoms with van der Waals surface area (Å²) < 4.78 is 5.75. The van der Waals surface area contributed by atoms with Crippen molar-refractivity contribution in [1.82, 2.24) is 14.9 Å². The Bertz CT molecular complexity index is 926. The van der Waals surface area contributed by atoms with Gasteiger partial charge < -0.3 is 15.0 Å². The Kier molecular flexibility index (Phi) is 6.67. The maximum atomic E-state index is 13.0. The van der Waals surface area contributed by atoms with Crippen molar-refractivity contribution in [2.45, 2.75) is 31.9 Å². The maximum absolute atomic E-state index is 13.0. The van der Waals surface area contributed by atoms with Crippen LogP contribution in [0.4, 0.5) is 10.5 Å². The molecule has 1 saturated heterocycles. The minimum absolute atomic E-state index is 0.0927. The molecule has 0 radical (unpaired) electrons. The number of amides is 2. The molecule has 3 aromatic rings. The Hall–Kier alpha value is -3.25. The number of nitrogens with zero attached hydrogens (tertiary/aromatic N) is 3. The zero-order valence-electron chi connectivity index (χ0n) is 16.9.